The number of nitrogens with two attached hydrogens (primary N) is 1. The van der Waals surface area contributed by atoms with Gasteiger partial charge in [-0.15, -0.1) is 12.4 Å². The molecule has 3 aromatic carbocycles. The molecule has 0 aliphatic heterocycles. The fourth-order valence-electron chi connectivity index (χ4n) is 2.95. The molecule has 2 nitrogen and oxygen atoms in total. The van der Waals surface area contributed by atoms with Crippen LogP contribution < -0.4 is 5.73 Å². The van der Waals surface area contributed by atoms with E-state index in [1.165, 1.54) is 10.9 Å². The first-order valence-electron chi connectivity index (χ1n) is 7.62. The molecule has 0 saturated heterocycles. The predicted molar refractivity (Wildman–Crippen MR) is 99.0 cm³/mol. The molecular formula is C20H22ClNO. The third-order valence-electron chi connectivity index (χ3n) is 4.24. The molecule has 0 aromatic heterocycles. The summed E-state index contributed by atoms with van der Waals surface area (Å²) in [6.07, 6.45) is -0.0435. The summed E-state index contributed by atoms with van der Waals surface area (Å²) in [4.78, 5) is 0. The molecule has 3 heteroatoms. The summed E-state index contributed by atoms with van der Waals surface area (Å²) in [6, 6.07) is 21.9. The normalized spacial score (nSPS) is 13.3. The zero-order valence-electron chi connectivity index (χ0n) is 13.1. The molecule has 2 atom stereocenters. The average Bonchev–Trinajstić information content (AvgIpc) is 2.56. The van der Waals surface area contributed by atoms with E-state index < -0.39 is 12.1 Å². The van der Waals surface area contributed by atoms with Crippen LogP contribution in [-0.2, 0) is 6.42 Å². The molecule has 0 unspecified atom stereocenters. The largest absolute Gasteiger partial charge is 0.391 e. The molecule has 0 aliphatic rings. The molecule has 3 aromatic rings. The zero-order chi connectivity index (χ0) is 15.5. The molecule has 0 amide bonds. The third-order valence-corrected chi connectivity index (χ3v) is 4.24. The highest BCUT2D eigenvalue weighted by Gasteiger charge is 2.19. The Morgan fingerprint density at radius 1 is 0.870 bits per heavy atom. The first-order valence-corrected chi connectivity index (χ1v) is 7.62. The molecule has 120 valence electrons. The number of aryl methyl sites for hydroxylation is 1. The first kappa shape index (κ1) is 17.5. The van der Waals surface area contributed by atoms with Gasteiger partial charge in [0.1, 0.15) is 0 Å². The zero-order valence-corrected chi connectivity index (χ0v) is 14.0. The maximum Gasteiger partial charge on any atom is 0.0773 e. The first-order chi connectivity index (χ1) is 10.7. The van der Waals surface area contributed by atoms with Crippen LogP contribution in [0.5, 0.6) is 0 Å². The Kier molecular flexibility index (Phi) is 5.78. The van der Waals surface area contributed by atoms with Gasteiger partial charge in [0.15, 0.2) is 0 Å². The van der Waals surface area contributed by atoms with Gasteiger partial charge in [0.2, 0.25) is 0 Å². The van der Waals surface area contributed by atoms with Crippen LogP contribution in [-0.4, -0.2) is 11.2 Å². The van der Waals surface area contributed by atoms with Gasteiger partial charge >= 0.3 is 0 Å². The predicted octanol–water partition coefficient (Wildman–Crippen LogP) is 4.17. The van der Waals surface area contributed by atoms with Gasteiger partial charge in [-0.1, -0.05) is 66.7 Å². The molecule has 0 saturated carbocycles. The molecule has 0 aliphatic carbocycles. The molecule has 0 bridgehead atoms. The van der Waals surface area contributed by atoms with Crippen LogP contribution in [0.3, 0.4) is 0 Å². The fraction of sp³-hybridized carbons (Fsp3) is 0.200. The minimum atomic E-state index is -0.603. The Morgan fingerprint density at radius 3 is 2.17 bits per heavy atom. The number of rotatable bonds is 4. The summed E-state index contributed by atoms with van der Waals surface area (Å²) in [5.41, 5.74) is 9.68. The van der Waals surface area contributed by atoms with Gasteiger partial charge in [0.05, 0.1) is 12.1 Å². The Morgan fingerprint density at radius 2 is 1.48 bits per heavy atom. The van der Waals surface area contributed by atoms with Crippen LogP contribution in [0.4, 0.5) is 0 Å². The third kappa shape index (κ3) is 3.73. The van der Waals surface area contributed by atoms with Crippen molar-refractivity contribution < 1.29 is 5.11 Å². The summed E-state index contributed by atoms with van der Waals surface area (Å²) in [5, 5.41) is 12.9. The van der Waals surface area contributed by atoms with E-state index in [1.807, 2.05) is 48.5 Å². The van der Waals surface area contributed by atoms with Gasteiger partial charge in [-0.2, -0.15) is 0 Å². The smallest absolute Gasteiger partial charge is 0.0773 e. The Hall–Kier alpha value is -1.87. The lowest BCUT2D eigenvalue weighted by Gasteiger charge is -2.21. The Balaban J connectivity index is 0.00000192. The molecule has 0 heterocycles. The highest BCUT2D eigenvalue weighted by Crippen LogP contribution is 2.28. The lowest BCUT2D eigenvalue weighted by atomic mass is 9.91. The van der Waals surface area contributed by atoms with Crippen LogP contribution in [0, 0.1) is 6.92 Å². The molecule has 23 heavy (non-hydrogen) atoms. The van der Waals surface area contributed by atoms with E-state index in [9.17, 15) is 5.11 Å². The van der Waals surface area contributed by atoms with Crippen molar-refractivity contribution in [1.29, 1.82) is 0 Å². The van der Waals surface area contributed by atoms with Gasteiger partial charge in [0.25, 0.3) is 0 Å². The van der Waals surface area contributed by atoms with Crippen LogP contribution in [0.15, 0.2) is 66.7 Å². The second-order valence-electron chi connectivity index (χ2n) is 5.80. The topological polar surface area (TPSA) is 46.2 Å². The van der Waals surface area contributed by atoms with E-state index in [-0.39, 0.29) is 12.4 Å². The molecule has 0 fully saturated rings. The van der Waals surface area contributed by atoms with Crippen molar-refractivity contribution >= 4 is 23.2 Å². The number of aliphatic hydroxyl groups excluding tert-OH is 1. The summed E-state index contributed by atoms with van der Waals surface area (Å²) >= 11 is 0. The van der Waals surface area contributed by atoms with E-state index in [0.717, 1.165) is 16.5 Å². The van der Waals surface area contributed by atoms with Gasteiger partial charge in [-0.05, 0) is 34.4 Å². The maximum absolute atomic E-state index is 10.5. The van der Waals surface area contributed by atoms with Crippen molar-refractivity contribution in [3.63, 3.8) is 0 Å². The standard InChI is InChI=1S/C20H21NO.ClH/c1-14-11-12-18(17-10-6-5-9-16(14)17)20(21)19(22)13-15-7-3-2-4-8-15;/h2-12,19-20,22H,13,21H2,1H3;1H/t19-,20+;/m0./s1. The molecule has 3 N–H and O–H groups in total. The highest BCUT2D eigenvalue weighted by atomic mass is 35.5. The number of benzene rings is 3. The van der Waals surface area contributed by atoms with E-state index >= 15 is 0 Å². The van der Waals surface area contributed by atoms with Gasteiger partial charge in [0, 0.05) is 6.42 Å². The molecule has 0 radical (unpaired) electrons. The highest BCUT2D eigenvalue weighted by molar-refractivity contribution is 5.89. The Labute approximate surface area is 143 Å². The van der Waals surface area contributed by atoms with Crippen molar-refractivity contribution in [3.8, 4) is 0 Å². The van der Waals surface area contributed by atoms with Crippen molar-refractivity contribution in [2.75, 3.05) is 0 Å². The number of fused-ring (bicyclic) bond motifs is 1. The second kappa shape index (κ2) is 7.60. The van der Waals surface area contributed by atoms with Crippen molar-refractivity contribution in [2.45, 2.75) is 25.5 Å². The van der Waals surface area contributed by atoms with Crippen molar-refractivity contribution in [3.05, 3.63) is 83.4 Å². The lowest BCUT2D eigenvalue weighted by Crippen LogP contribution is -2.28. The number of hydrogen-bond donors (Lipinski definition) is 2. The van der Waals surface area contributed by atoms with Gasteiger partial charge in [-0.25, -0.2) is 0 Å². The molecule has 0 spiro atoms. The molecule has 3 rings (SSSR count). The summed E-state index contributed by atoms with van der Waals surface area (Å²) < 4.78 is 0. The van der Waals surface area contributed by atoms with Gasteiger partial charge in [-0.3, -0.25) is 0 Å². The van der Waals surface area contributed by atoms with E-state index in [2.05, 4.69) is 25.1 Å². The summed E-state index contributed by atoms with van der Waals surface area (Å²) in [5.74, 6) is 0. The van der Waals surface area contributed by atoms with Crippen LogP contribution in [0.2, 0.25) is 0 Å². The SMILES string of the molecule is Cc1ccc([C@@H](N)[C@@H](O)Cc2ccccc2)c2ccccc12.Cl. The Bertz CT molecular complexity index is 773. The minimum absolute atomic E-state index is 0. The second-order valence-corrected chi connectivity index (χ2v) is 5.80. The maximum atomic E-state index is 10.5. The van der Waals surface area contributed by atoms with E-state index in [1.54, 1.807) is 0 Å². The van der Waals surface area contributed by atoms with Crippen LogP contribution >= 0.6 is 12.4 Å². The van der Waals surface area contributed by atoms with E-state index in [4.69, 9.17) is 5.73 Å². The van der Waals surface area contributed by atoms with Gasteiger partial charge < -0.3 is 10.8 Å². The fourth-order valence-corrected chi connectivity index (χ4v) is 2.95. The van der Waals surface area contributed by atoms with Crippen LogP contribution in [0.1, 0.15) is 22.7 Å². The average molecular weight is 328 g/mol. The number of aliphatic hydroxyl groups is 1. The summed E-state index contributed by atoms with van der Waals surface area (Å²) in [6.45, 7) is 2.10. The number of halogens is 1. The van der Waals surface area contributed by atoms with Crippen LogP contribution in [0.25, 0.3) is 10.8 Å². The quantitative estimate of drug-likeness (QED) is 0.755. The number of hydrogen-bond acceptors (Lipinski definition) is 2. The lowest BCUT2D eigenvalue weighted by molar-refractivity contribution is 0.145. The summed E-state index contributed by atoms with van der Waals surface area (Å²) in [7, 11) is 0. The molecular weight excluding hydrogens is 306 g/mol. The van der Waals surface area contributed by atoms with E-state index in [0.29, 0.717) is 6.42 Å². The minimum Gasteiger partial charge on any atom is -0.391 e. The van der Waals surface area contributed by atoms with Crippen molar-refractivity contribution in [1.82, 2.24) is 0 Å². The van der Waals surface area contributed by atoms with Crippen molar-refractivity contribution in [2.24, 2.45) is 5.73 Å². The monoisotopic (exact) mass is 327 g/mol.